The van der Waals surface area contributed by atoms with Crippen molar-refractivity contribution in [3.05, 3.63) is 0 Å². The van der Waals surface area contributed by atoms with Crippen LogP contribution in [0, 0.1) is 29.6 Å². The Morgan fingerprint density at radius 2 is 1.29 bits per heavy atom. The maximum Gasteiger partial charge on any atom is 0.0750 e. The zero-order valence-electron chi connectivity index (χ0n) is 16.6. The summed E-state index contributed by atoms with van der Waals surface area (Å²) in [6, 6.07) is 0. The highest BCUT2D eigenvalue weighted by molar-refractivity contribution is 6.15. The Kier molecular flexibility index (Phi) is 6.78. The van der Waals surface area contributed by atoms with Crippen LogP contribution in [0.4, 0.5) is 0 Å². The second kappa shape index (κ2) is 8.63. The summed E-state index contributed by atoms with van der Waals surface area (Å²) in [6.45, 7) is 4.97. The number of rotatable bonds is 2. The predicted molar refractivity (Wildman–Crippen MR) is 107 cm³/mol. The zero-order valence-corrected chi connectivity index (χ0v) is 16.6. The van der Waals surface area contributed by atoms with E-state index in [1.54, 1.807) is 0 Å². The molecule has 24 heavy (non-hydrogen) atoms. The molecule has 0 spiro atoms. The molecule has 0 aromatic heterocycles. The second-order valence-electron chi connectivity index (χ2n) is 9.93. The molecule has 3 fully saturated rings. The van der Waals surface area contributed by atoms with Gasteiger partial charge in [-0.25, -0.2) is 0 Å². The molecule has 0 nitrogen and oxygen atoms in total. The quantitative estimate of drug-likeness (QED) is 0.368. The molecule has 0 aliphatic heterocycles. The highest BCUT2D eigenvalue weighted by Crippen LogP contribution is 2.58. The summed E-state index contributed by atoms with van der Waals surface area (Å²) < 4.78 is 0. The molecular formula is C23H41B. The van der Waals surface area contributed by atoms with E-state index >= 15 is 0 Å². The molecule has 3 aliphatic rings. The molecule has 0 aromatic carbocycles. The van der Waals surface area contributed by atoms with E-state index in [4.69, 9.17) is 7.85 Å². The Hall–Kier alpha value is 0.0649. The van der Waals surface area contributed by atoms with Crippen molar-refractivity contribution in [2.75, 3.05) is 0 Å². The predicted octanol–water partition coefficient (Wildman–Crippen LogP) is 7.33. The first-order chi connectivity index (χ1) is 11.6. The molecule has 0 heterocycles. The first kappa shape index (κ1) is 18.8. The van der Waals surface area contributed by atoms with Gasteiger partial charge >= 0.3 is 0 Å². The molecule has 1 heteroatoms. The molecule has 3 rings (SSSR count). The second-order valence-corrected chi connectivity index (χ2v) is 9.93. The fourth-order valence-electron chi connectivity index (χ4n) is 6.85. The van der Waals surface area contributed by atoms with Gasteiger partial charge in [0.25, 0.3) is 0 Å². The van der Waals surface area contributed by atoms with Crippen LogP contribution in [0.2, 0.25) is 5.31 Å². The maximum absolute atomic E-state index is 7.33. The molecule has 0 aromatic rings. The van der Waals surface area contributed by atoms with Crippen LogP contribution in [0.25, 0.3) is 0 Å². The Labute approximate surface area is 153 Å². The molecule has 0 saturated heterocycles. The molecule has 0 bridgehead atoms. The van der Waals surface area contributed by atoms with E-state index in [0.717, 1.165) is 29.6 Å². The van der Waals surface area contributed by atoms with Crippen molar-refractivity contribution in [1.82, 2.24) is 0 Å². The molecule has 3 aliphatic carbocycles. The number of hydrogen-bond donors (Lipinski definition) is 0. The van der Waals surface area contributed by atoms with Gasteiger partial charge in [0.05, 0.1) is 7.85 Å². The van der Waals surface area contributed by atoms with E-state index in [2.05, 4.69) is 13.8 Å². The van der Waals surface area contributed by atoms with Crippen LogP contribution in [-0.4, -0.2) is 7.85 Å². The number of hydrogen-bond acceptors (Lipinski definition) is 0. The van der Waals surface area contributed by atoms with E-state index in [1.807, 2.05) is 0 Å². The minimum atomic E-state index is 0.151. The van der Waals surface area contributed by atoms with Crippen LogP contribution in [0.3, 0.4) is 0 Å². The first-order valence-electron chi connectivity index (χ1n) is 11.4. The van der Waals surface area contributed by atoms with E-state index in [1.165, 1.54) is 96.3 Å². The largest absolute Gasteiger partial charge is 0.0750 e. The van der Waals surface area contributed by atoms with Gasteiger partial charge in [0, 0.05) is 0 Å². The molecule has 3 saturated carbocycles. The van der Waals surface area contributed by atoms with Gasteiger partial charge in [-0.1, -0.05) is 103 Å². The first-order valence-corrected chi connectivity index (χ1v) is 11.4. The average molecular weight is 328 g/mol. The summed E-state index contributed by atoms with van der Waals surface area (Å²) in [5.41, 5.74) is 0. The Morgan fingerprint density at radius 1 is 0.708 bits per heavy atom. The van der Waals surface area contributed by atoms with Crippen molar-refractivity contribution in [1.29, 1.82) is 0 Å². The van der Waals surface area contributed by atoms with Gasteiger partial charge in [-0.05, 0) is 42.4 Å². The van der Waals surface area contributed by atoms with Crippen LogP contribution in [-0.2, 0) is 0 Å². The lowest BCUT2D eigenvalue weighted by molar-refractivity contribution is 0.0713. The van der Waals surface area contributed by atoms with Gasteiger partial charge in [0.1, 0.15) is 0 Å². The molecule has 0 N–H and O–H groups in total. The Balaban J connectivity index is 1.92. The van der Waals surface area contributed by atoms with Gasteiger partial charge in [0.15, 0.2) is 0 Å². The lowest BCUT2D eigenvalue weighted by Crippen LogP contribution is -2.40. The van der Waals surface area contributed by atoms with Crippen LogP contribution in [0.1, 0.15) is 110 Å². The molecule has 4 atom stereocenters. The van der Waals surface area contributed by atoms with E-state index in [9.17, 15) is 0 Å². The van der Waals surface area contributed by atoms with Crippen LogP contribution < -0.4 is 0 Å². The van der Waals surface area contributed by atoms with Gasteiger partial charge in [-0.3, -0.25) is 0 Å². The fourth-order valence-corrected chi connectivity index (χ4v) is 6.85. The minimum Gasteiger partial charge on any atom is -0.0627 e. The van der Waals surface area contributed by atoms with Gasteiger partial charge in [0.2, 0.25) is 0 Å². The van der Waals surface area contributed by atoms with Crippen LogP contribution >= 0.6 is 0 Å². The third-order valence-electron chi connectivity index (χ3n) is 8.06. The highest BCUT2D eigenvalue weighted by atomic mass is 14.5. The lowest BCUT2D eigenvalue weighted by Gasteiger charge is -2.49. The normalized spacial score (nSPS) is 38.5. The Morgan fingerprint density at radius 3 is 1.96 bits per heavy atom. The minimum absolute atomic E-state index is 0.151. The molecule has 136 valence electrons. The van der Waals surface area contributed by atoms with Crippen molar-refractivity contribution in [3.8, 4) is 0 Å². The van der Waals surface area contributed by atoms with Crippen molar-refractivity contribution in [2.24, 2.45) is 29.6 Å². The van der Waals surface area contributed by atoms with E-state index in [0.29, 0.717) is 0 Å². The van der Waals surface area contributed by atoms with Crippen molar-refractivity contribution < 1.29 is 0 Å². The van der Waals surface area contributed by atoms with E-state index < -0.39 is 0 Å². The van der Waals surface area contributed by atoms with E-state index in [-0.39, 0.29) is 5.31 Å². The SMILES string of the molecule is [B]C1(C2C(C(C)C)CCCC3CCCCCCC32)CCCCCC1. The van der Waals surface area contributed by atoms with Gasteiger partial charge < -0.3 is 0 Å². The highest BCUT2D eigenvalue weighted by Gasteiger charge is 2.46. The Bertz CT molecular complexity index is 366. The topological polar surface area (TPSA) is 0 Å². The summed E-state index contributed by atoms with van der Waals surface area (Å²) in [7, 11) is 7.33. The van der Waals surface area contributed by atoms with Crippen molar-refractivity contribution in [3.63, 3.8) is 0 Å². The van der Waals surface area contributed by atoms with Crippen LogP contribution in [0.5, 0.6) is 0 Å². The maximum atomic E-state index is 7.33. The summed E-state index contributed by atoms with van der Waals surface area (Å²) in [6.07, 6.45) is 21.5. The average Bonchev–Trinajstić information content (AvgIpc) is 2.84. The molecule has 0 amide bonds. The van der Waals surface area contributed by atoms with Crippen molar-refractivity contribution in [2.45, 2.75) is 115 Å². The standard InChI is InChI=1S/C23H41B/c1-18(2)20-15-11-13-19-12-7-3-4-8-14-21(19)22(20)23(24)16-9-5-6-10-17-23/h18-22H,3-17H2,1-2H3. The van der Waals surface area contributed by atoms with Crippen molar-refractivity contribution >= 4 is 7.85 Å². The molecular weight excluding hydrogens is 287 g/mol. The summed E-state index contributed by atoms with van der Waals surface area (Å²) in [4.78, 5) is 0. The summed E-state index contributed by atoms with van der Waals surface area (Å²) in [5.74, 6) is 4.41. The third kappa shape index (κ3) is 4.24. The smallest absolute Gasteiger partial charge is 0.0627 e. The molecule has 2 radical (unpaired) electrons. The van der Waals surface area contributed by atoms with Crippen LogP contribution in [0.15, 0.2) is 0 Å². The zero-order chi connectivity index (χ0) is 17.0. The lowest BCUT2D eigenvalue weighted by atomic mass is 9.48. The summed E-state index contributed by atoms with van der Waals surface area (Å²) in [5, 5.41) is 0.151. The molecule has 4 unspecified atom stereocenters. The van der Waals surface area contributed by atoms with Gasteiger partial charge in [-0.15, -0.1) is 0 Å². The van der Waals surface area contributed by atoms with Gasteiger partial charge in [-0.2, -0.15) is 0 Å². The number of fused-ring (bicyclic) bond motifs is 1. The summed E-state index contributed by atoms with van der Waals surface area (Å²) >= 11 is 0. The third-order valence-corrected chi connectivity index (χ3v) is 8.06. The fraction of sp³-hybridized carbons (Fsp3) is 1.00. The monoisotopic (exact) mass is 328 g/mol.